The van der Waals surface area contributed by atoms with E-state index in [1.165, 1.54) is 16.8 Å². The summed E-state index contributed by atoms with van der Waals surface area (Å²) in [6.07, 6.45) is 0. The maximum Gasteiger partial charge on any atom is 0.311 e. The summed E-state index contributed by atoms with van der Waals surface area (Å²) in [5.41, 5.74) is 1.00. The van der Waals surface area contributed by atoms with Crippen LogP contribution in [0.2, 0.25) is 0 Å². The molecule has 1 N–H and O–H groups in total. The smallest absolute Gasteiger partial charge is 0.311 e. The zero-order chi connectivity index (χ0) is 14.0. The van der Waals surface area contributed by atoms with Gasteiger partial charge in [-0.15, -0.1) is 0 Å². The highest BCUT2D eigenvalue weighted by Crippen LogP contribution is 2.33. The minimum absolute atomic E-state index is 0.116. The maximum atomic E-state index is 10.9. The van der Waals surface area contributed by atoms with Crippen LogP contribution in [0.15, 0.2) is 24.3 Å². The van der Waals surface area contributed by atoms with Crippen LogP contribution in [0.25, 0.3) is 0 Å². The summed E-state index contributed by atoms with van der Waals surface area (Å²) >= 11 is 0. The van der Waals surface area contributed by atoms with Gasteiger partial charge >= 0.3 is 5.69 Å². The summed E-state index contributed by atoms with van der Waals surface area (Å²) in [7, 11) is 1.65. The van der Waals surface area contributed by atoms with E-state index in [0.29, 0.717) is 17.1 Å². The average molecular weight is 263 g/mol. The van der Waals surface area contributed by atoms with Gasteiger partial charge < -0.3 is 9.84 Å². The first-order chi connectivity index (χ1) is 9.04. The van der Waals surface area contributed by atoms with E-state index in [9.17, 15) is 15.2 Å². The number of aryl methyl sites for hydroxylation is 2. The number of ether oxygens (including phenoxy) is 1. The van der Waals surface area contributed by atoms with E-state index < -0.39 is 4.92 Å². The molecule has 7 heteroatoms. The second-order valence-electron chi connectivity index (χ2n) is 3.98. The first-order valence-electron chi connectivity index (χ1n) is 5.59. The zero-order valence-corrected chi connectivity index (χ0v) is 10.5. The highest BCUT2D eigenvalue weighted by Gasteiger charge is 2.19. The van der Waals surface area contributed by atoms with Gasteiger partial charge in [-0.25, -0.2) is 4.68 Å². The molecule has 1 aromatic carbocycles. The average Bonchev–Trinajstić information content (AvgIpc) is 2.64. The molecule has 0 aliphatic carbocycles. The van der Waals surface area contributed by atoms with Gasteiger partial charge in [0.25, 0.3) is 0 Å². The minimum Gasteiger partial charge on any atom is -0.432 e. The fraction of sp³-hybridized carbons (Fsp3) is 0.250. The molecular formula is C12H13N3O4. The van der Waals surface area contributed by atoms with E-state index in [1.807, 2.05) is 0 Å². The fourth-order valence-electron chi connectivity index (χ4n) is 1.79. The summed E-state index contributed by atoms with van der Waals surface area (Å²) in [5, 5.41) is 24.3. The molecule has 0 fully saturated rings. The predicted molar refractivity (Wildman–Crippen MR) is 67.0 cm³/mol. The number of aliphatic hydroxyl groups is 1. The minimum atomic E-state index is -0.517. The molecule has 2 aromatic rings. The highest BCUT2D eigenvalue weighted by atomic mass is 16.6. The number of aromatic nitrogens is 2. The molecule has 19 heavy (non-hydrogen) atoms. The molecule has 0 aliphatic heterocycles. The van der Waals surface area contributed by atoms with Crippen LogP contribution >= 0.6 is 0 Å². The second kappa shape index (κ2) is 5.07. The number of nitro groups is 1. The summed E-state index contributed by atoms with van der Waals surface area (Å²) in [6.45, 7) is 1.49. The van der Waals surface area contributed by atoms with Crippen LogP contribution in [-0.2, 0) is 13.7 Å². The molecule has 100 valence electrons. The number of aliphatic hydroxyl groups excluding tert-OH is 1. The third-order valence-electron chi connectivity index (χ3n) is 2.72. The van der Waals surface area contributed by atoms with Crippen molar-refractivity contribution < 1.29 is 14.8 Å². The summed E-state index contributed by atoms with van der Waals surface area (Å²) < 4.78 is 6.99. The lowest BCUT2D eigenvalue weighted by molar-refractivity contribution is -0.385. The van der Waals surface area contributed by atoms with E-state index >= 15 is 0 Å². The van der Waals surface area contributed by atoms with E-state index in [4.69, 9.17) is 4.74 Å². The van der Waals surface area contributed by atoms with Crippen molar-refractivity contribution >= 4 is 5.69 Å². The number of benzene rings is 1. The van der Waals surface area contributed by atoms with Crippen molar-refractivity contribution in [2.75, 3.05) is 0 Å². The van der Waals surface area contributed by atoms with E-state index in [0.717, 1.165) is 0 Å². The Morgan fingerprint density at radius 2 is 2.16 bits per heavy atom. The Hall–Kier alpha value is -2.41. The molecule has 1 aromatic heterocycles. The SMILES string of the molecule is Cc1nn(C)c(Oc2ccccc2[N+](=O)[O-])c1CO. The molecule has 0 saturated carbocycles. The molecule has 2 rings (SSSR count). The predicted octanol–water partition coefficient (Wildman–Crippen LogP) is 1.92. The molecule has 0 amide bonds. The van der Waals surface area contributed by atoms with E-state index in [2.05, 4.69) is 5.10 Å². The lowest BCUT2D eigenvalue weighted by Gasteiger charge is -2.07. The van der Waals surface area contributed by atoms with Crippen molar-refractivity contribution in [3.63, 3.8) is 0 Å². The van der Waals surface area contributed by atoms with Gasteiger partial charge in [-0.1, -0.05) is 12.1 Å². The molecule has 0 atom stereocenters. The Balaban J connectivity index is 2.45. The standard InChI is InChI=1S/C12H13N3O4/c1-8-9(7-16)12(14(2)13-8)19-11-6-4-3-5-10(11)15(17)18/h3-6,16H,7H2,1-2H3. The number of nitro benzene ring substituents is 1. The number of hydrogen-bond acceptors (Lipinski definition) is 5. The highest BCUT2D eigenvalue weighted by molar-refractivity contribution is 5.48. The van der Waals surface area contributed by atoms with Gasteiger partial charge in [0.1, 0.15) is 0 Å². The van der Waals surface area contributed by atoms with Crippen LogP contribution in [0.3, 0.4) is 0 Å². The fourth-order valence-corrected chi connectivity index (χ4v) is 1.79. The van der Waals surface area contributed by atoms with Crippen LogP contribution in [0.1, 0.15) is 11.3 Å². The van der Waals surface area contributed by atoms with Gasteiger partial charge in [0, 0.05) is 13.1 Å². The van der Waals surface area contributed by atoms with Gasteiger partial charge in [-0.05, 0) is 13.0 Å². The summed E-state index contributed by atoms with van der Waals surface area (Å²) in [5.74, 6) is 0.416. The number of hydrogen-bond donors (Lipinski definition) is 1. The van der Waals surface area contributed by atoms with E-state index in [-0.39, 0.29) is 18.0 Å². The second-order valence-corrected chi connectivity index (χ2v) is 3.98. The molecule has 1 heterocycles. The first-order valence-corrected chi connectivity index (χ1v) is 5.59. The molecule has 0 aliphatic rings. The van der Waals surface area contributed by atoms with E-state index in [1.54, 1.807) is 26.1 Å². The van der Waals surface area contributed by atoms with Gasteiger partial charge in [0.15, 0.2) is 0 Å². The molecule has 0 unspecified atom stereocenters. The molecule has 7 nitrogen and oxygen atoms in total. The number of para-hydroxylation sites is 2. The number of rotatable bonds is 4. The quantitative estimate of drug-likeness (QED) is 0.672. The Labute approximate surface area is 109 Å². The van der Waals surface area contributed by atoms with Crippen LogP contribution in [0.4, 0.5) is 5.69 Å². The topological polar surface area (TPSA) is 90.4 Å². The van der Waals surface area contributed by atoms with Crippen molar-refractivity contribution in [3.05, 3.63) is 45.6 Å². The third-order valence-corrected chi connectivity index (χ3v) is 2.72. The van der Waals surface area contributed by atoms with Gasteiger partial charge in [0.2, 0.25) is 11.6 Å². The third kappa shape index (κ3) is 2.41. The van der Waals surface area contributed by atoms with Gasteiger partial charge in [-0.2, -0.15) is 5.10 Å². The van der Waals surface area contributed by atoms with Crippen LogP contribution in [-0.4, -0.2) is 19.8 Å². The van der Waals surface area contributed by atoms with Gasteiger partial charge in [-0.3, -0.25) is 10.1 Å². The summed E-state index contributed by atoms with van der Waals surface area (Å²) in [4.78, 5) is 10.4. The van der Waals surface area contributed by atoms with Crippen molar-refractivity contribution in [1.29, 1.82) is 0 Å². The van der Waals surface area contributed by atoms with Crippen LogP contribution < -0.4 is 4.74 Å². The van der Waals surface area contributed by atoms with Crippen molar-refractivity contribution in [2.45, 2.75) is 13.5 Å². The maximum absolute atomic E-state index is 10.9. The molecule has 0 saturated heterocycles. The molecule has 0 radical (unpaired) electrons. The summed E-state index contributed by atoms with van der Waals surface area (Å²) in [6, 6.07) is 6.06. The van der Waals surface area contributed by atoms with Crippen molar-refractivity contribution in [3.8, 4) is 11.6 Å². The number of nitrogens with zero attached hydrogens (tertiary/aromatic N) is 3. The Morgan fingerprint density at radius 1 is 1.47 bits per heavy atom. The Bertz CT molecular complexity index is 621. The Morgan fingerprint density at radius 3 is 2.79 bits per heavy atom. The monoisotopic (exact) mass is 263 g/mol. The Kier molecular flexibility index (Phi) is 3.48. The molecular weight excluding hydrogens is 250 g/mol. The van der Waals surface area contributed by atoms with Crippen molar-refractivity contribution in [2.24, 2.45) is 7.05 Å². The molecule has 0 bridgehead atoms. The molecule has 0 spiro atoms. The normalized spacial score (nSPS) is 10.5. The zero-order valence-electron chi connectivity index (χ0n) is 10.5. The van der Waals surface area contributed by atoms with Crippen LogP contribution in [0.5, 0.6) is 11.6 Å². The largest absolute Gasteiger partial charge is 0.432 e. The lowest BCUT2D eigenvalue weighted by Crippen LogP contribution is -1.99. The van der Waals surface area contributed by atoms with Gasteiger partial charge in [0.05, 0.1) is 22.8 Å². The van der Waals surface area contributed by atoms with Crippen molar-refractivity contribution in [1.82, 2.24) is 9.78 Å². The van der Waals surface area contributed by atoms with Crippen LogP contribution in [0, 0.1) is 17.0 Å². The lowest BCUT2D eigenvalue weighted by atomic mass is 10.2. The first kappa shape index (κ1) is 13.0.